The number of benzene rings is 2. The number of ether oxygens (including phenoxy) is 2. The maximum absolute atomic E-state index is 5.75. The summed E-state index contributed by atoms with van der Waals surface area (Å²) in [5.74, 6) is 2.81. The van der Waals surface area contributed by atoms with E-state index in [9.17, 15) is 0 Å². The summed E-state index contributed by atoms with van der Waals surface area (Å²) in [5, 5.41) is 11.8. The molecule has 0 unspecified atom stereocenters. The number of nitrogens with zero attached hydrogens (tertiary/aromatic N) is 3. The van der Waals surface area contributed by atoms with Gasteiger partial charge in [0.05, 0.1) is 19.4 Å². The molecule has 2 heterocycles. The van der Waals surface area contributed by atoms with E-state index in [1.807, 2.05) is 55.5 Å². The zero-order chi connectivity index (χ0) is 20.1. The highest BCUT2D eigenvalue weighted by Gasteiger charge is 2.11. The van der Waals surface area contributed by atoms with Gasteiger partial charge in [0.1, 0.15) is 16.5 Å². The van der Waals surface area contributed by atoms with Crippen molar-refractivity contribution in [1.82, 2.24) is 15.2 Å². The van der Waals surface area contributed by atoms with E-state index in [2.05, 4.69) is 15.6 Å². The summed E-state index contributed by atoms with van der Waals surface area (Å²) >= 11 is 3.09. The Morgan fingerprint density at radius 3 is 2.41 bits per heavy atom. The lowest BCUT2D eigenvalue weighted by Crippen LogP contribution is -1.90. The third kappa shape index (κ3) is 4.78. The highest BCUT2D eigenvalue weighted by Crippen LogP contribution is 2.30. The Labute approximate surface area is 176 Å². The first-order valence-corrected chi connectivity index (χ1v) is 10.9. The Bertz CT molecular complexity index is 1060. The van der Waals surface area contributed by atoms with Gasteiger partial charge in [-0.15, -0.1) is 21.5 Å². The fraction of sp³-hybridized carbons (Fsp3) is 0.190. The number of aromatic nitrogens is 3. The molecule has 2 aromatic heterocycles. The smallest absolute Gasteiger partial charge is 0.277 e. The van der Waals surface area contributed by atoms with Gasteiger partial charge in [0.15, 0.2) is 0 Å². The fourth-order valence-electron chi connectivity index (χ4n) is 2.62. The largest absolute Gasteiger partial charge is 0.497 e. The van der Waals surface area contributed by atoms with Crippen LogP contribution in [0.15, 0.2) is 63.6 Å². The van der Waals surface area contributed by atoms with Crippen LogP contribution in [0.25, 0.3) is 22.0 Å². The van der Waals surface area contributed by atoms with Gasteiger partial charge >= 0.3 is 0 Å². The minimum atomic E-state index is 0.489. The van der Waals surface area contributed by atoms with Crippen LogP contribution in [0.1, 0.15) is 12.6 Å². The summed E-state index contributed by atoms with van der Waals surface area (Å²) < 4.78 is 16.4. The van der Waals surface area contributed by atoms with E-state index in [1.165, 1.54) is 11.8 Å². The van der Waals surface area contributed by atoms with Crippen LogP contribution >= 0.6 is 23.1 Å². The van der Waals surface area contributed by atoms with Gasteiger partial charge in [-0.05, 0) is 55.5 Å². The number of methoxy groups -OCH3 is 1. The molecule has 0 atom stereocenters. The standard InChI is InChI=1S/C21H19N3O3S2/c1-3-26-18-10-6-15(7-11-18)20-22-16(12-28-20)13-29-21-24-23-19(27-21)14-4-8-17(25-2)9-5-14/h4-12H,3,13H2,1-2H3. The minimum Gasteiger partial charge on any atom is -0.497 e. The normalized spacial score (nSPS) is 10.8. The van der Waals surface area contributed by atoms with Crippen LogP contribution in [0, 0.1) is 0 Å². The first-order chi connectivity index (χ1) is 14.2. The highest BCUT2D eigenvalue weighted by molar-refractivity contribution is 7.98. The third-order valence-electron chi connectivity index (χ3n) is 4.05. The second kappa shape index (κ2) is 9.11. The Hall–Kier alpha value is -2.84. The predicted octanol–water partition coefficient (Wildman–Crippen LogP) is 5.56. The molecule has 0 saturated carbocycles. The van der Waals surface area contributed by atoms with Gasteiger partial charge in [-0.25, -0.2) is 4.98 Å². The van der Waals surface area contributed by atoms with Crippen molar-refractivity contribution in [3.05, 3.63) is 59.6 Å². The lowest BCUT2D eigenvalue weighted by atomic mass is 10.2. The van der Waals surface area contributed by atoms with Crippen LogP contribution in [0.3, 0.4) is 0 Å². The zero-order valence-corrected chi connectivity index (χ0v) is 17.6. The van der Waals surface area contributed by atoms with Crippen molar-refractivity contribution in [3.8, 4) is 33.5 Å². The summed E-state index contributed by atoms with van der Waals surface area (Å²) in [6, 6.07) is 15.5. The molecule has 148 valence electrons. The molecule has 0 fully saturated rings. The van der Waals surface area contributed by atoms with E-state index in [1.54, 1.807) is 18.4 Å². The van der Waals surface area contributed by atoms with Crippen LogP contribution in [0.4, 0.5) is 0 Å². The molecule has 0 N–H and O–H groups in total. The molecule has 4 rings (SSSR count). The first kappa shape index (κ1) is 19.5. The van der Waals surface area contributed by atoms with Crippen LogP contribution in [-0.4, -0.2) is 28.9 Å². The van der Waals surface area contributed by atoms with Crippen LogP contribution in [0.5, 0.6) is 11.5 Å². The molecule has 8 heteroatoms. The predicted molar refractivity (Wildman–Crippen MR) is 115 cm³/mol. The summed E-state index contributed by atoms with van der Waals surface area (Å²) in [4.78, 5) is 4.71. The molecular weight excluding hydrogens is 406 g/mol. The number of hydrogen-bond donors (Lipinski definition) is 0. The molecule has 2 aromatic carbocycles. The Morgan fingerprint density at radius 1 is 0.966 bits per heavy atom. The van der Waals surface area contributed by atoms with Gasteiger partial charge in [0, 0.05) is 22.3 Å². The van der Waals surface area contributed by atoms with Crippen molar-refractivity contribution >= 4 is 23.1 Å². The van der Waals surface area contributed by atoms with Crippen molar-refractivity contribution in [2.45, 2.75) is 17.9 Å². The van der Waals surface area contributed by atoms with Gasteiger partial charge < -0.3 is 13.9 Å². The van der Waals surface area contributed by atoms with E-state index in [0.29, 0.717) is 23.5 Å². The fourth-order valence-corrected chi connectivity index (χ4v) is 4.21. The number of hydrogen-bond acceptors (Lipinski definition) is 8. The second-order valence-electron chi connectivity index (χ2n) is 5.99. The van der Waals surface area contributed by atoms with E-state index in [4.69, 9.17) is 18.9 Å². The Kier molecular flexibility index (Phi) is 6.12. The molecule has 0 aliphatic carbocycles. The molecule has 6 nitrogen and oxygen atoms in total. The van der Waals surface area contributed by atoms with Crippen molar-refractivity contribution in [2.75, 3.05) is 13.7 Å². The van der Waals surface area contributed by atoms with E-state index in [0.717, 1.165) is 33.3 Å². The van der Waals surface area contributed by atoms with E-state index >= 15 is 0 Å². The monoisotopic (exact) mass is 425 g/mol. The van der Waals surface area contributed by atoms with E-state index < -0.39 is 0 Å². The lowest BCUT2D eigenvalue weighted by Gasteiger charge is -2.02. The maximum Gasteiger partial charge on any atom is 0.277 e. The maximum atomic E-state index is 5.75. The SMILES string of the molecule is CCOc1ccc(-c2nc(CSc3nnc(-c4ccc(OC)cc4)o3)cs2)cc1. The van der Waals surface area contributed by atoms with E-state index in [-0.39, 0.29) is 0 Å². The third-order valence-corrected chi connectivity index (χ3v) is 5.84. The number of thioether (sulfide) groups is 1. The van der Waals surface area contributed by atoms with Crippen molar-refractivity contribution in [1.29, 1.82) is 0 Å². The molecule has 0 saturated heterocycles. The average Bonchev–Trinajstić information content (AvgIpc) is 3.43. The second-order valence-corrected chi connectivity index (χ2v) is 7.78. The van der Waals surface area contributed by atoms with Crippen LogP contribution < -0.4 is 9.47 Å². The lowest BCUT2D eigenvalue weighted by molar-refractivity contribution is 0.340. The molecule has 0 aliphatic rings. The molecule has 0 aliphatic heterocycles. The molecule has 0 radical (unpaired) electrons. The quantitative estimate of drug-likeness (QED) is 0.342. The molecule has 29 heavy (non-hydrogen) atoms. The van der Waals surface area contributed by atoms with Gasteiger partial charge in [0.25, 0.3) is 5.22 Å². The summed E-state index contributed by atoms with van der Waals surface area (Å²) in [6.07, 6.45) is 0. The van der Waals surface area contributed by atoms with Gasteiger partial charge in [-0.3, -0.25) is 0 Å². The Morgan fingerprint density at radius 2 is 1.69 bits per heavy atom. The summed E-state index contributed by atoms with van der Waals surface area (Å²) in [5.41, 5.74) is 2.92. The topological polar surface area (TPSA) is 70.3 Å². The van der Waals surface area contributed by atoms with Gasteiger partial charge in [-0.2, -0.15) is 0 Å². The molecule has 0 amide bonds. The first-order valence-electron chi connectivity index (χ1n) is 9.03. The van der Waals surface area contributed by atoms with Crippen LogP contribution in [-0.2, 0) is 5.75 Å². The summed E-state index contributed by atoms with van der Waals surface area (Å²) in [6.45, 7) is 2.63. The van der Waals surface area contributed by atoms with Crippen molar-refractivity contribution < 1.29 is 13.9 Å². The van der Waals surface area contributed by atoms with Crippen molar-refractivity contribution in [3.63, 3.8) is 0 Å². The molecular formula is C21H19N3O3S2. The number of thiazole rings is 1. The molecule has 0 bridgehead atoms. The molecule has 4 aromatic rings. The Balaban J connectivity index is 1.38. The zero-order valence-electron chi connectivity index (χ0n) is 16.0. The number of rotatable bonds is 8. The van der Waals surface area contributed by atoms with Gasteiger partial charge in [-0.1, -0.05) is 11.8 Å². The molecule has 0 spiro atoms. The van der Waals surface area contributed by atoms with Crippen molar-refractivity contribution in [2.24, 2.45) is 0 Å². The van der Waals surface area contributed by atoms with Crippen LogP contribution in [0.2, 0.25) is 0 Å². The minimum absolute atomic E-state index is 0.489. The van der Waals surface area contributed by atoms with Gasteiger partial charge in [0.2, 0.25) is 5.89 Å². The average molecular weight is 426 g/mol. The summed E-state index contributed by atoms with van der Waals surface area (Å²) in [7, 11) is 1.64. The highest BCUT2D eigenvalue weighted by atomic mass is 32.2.